The fourth-order valence-electron chi connectivity index (χ4n) is 1.74. The summed E-state index contributed by atoms with van der Waals surface area (Å²) in [5.41, 5.74) is 2.77. The molecule has 1 N–H and O–H groups in total. The average Bonchev–Trinajstić information content (AvgIpc) is 2.17. The van der Waals surface area contributed by atoms with Crippen molar-refractivity contribution in [2.45, 2.75) is 32.6 Å². The summed E-state index contributed by atoms with van der Waals surface area (Å²) in [5.74, 6) is 1.14. The molecule has 0 bridgehead atoms. The van der Waals surface area contributed by atoms with Crippen molar-refractivity contribution in [1.82, 2.24) is 5.32 Å². The minimum atomic E-state index is 0.563. The van der Waals surface area contributed by atoms with Gasteiger partial charge < -0.3 is 5.32 Å². The lowest BCUT2D eigenvalue weighted by atomic mass is 9.96. The standard InChI is InChI=1S/C13H20BrN/c1-9(2)12-6-5-11(7-13(12)14)10(3)8-15-4/h5-7,9-10,15H,8H2,1-4H3. The Labute approximate surface area is 101 Å². The van der Waals surface area contributed by atoms with Gasteiger partial charge in [-0.15, -0.1) is 0 Å². The van der Waals surface area contributed by atoms with Crippen LogP contribution in [0.15, 0.2) is 22.7 Å². The van der Waals surface area contributed by atoms with Crippen LogP contribution in [0.4, 0.5) is 0 Å². The Balaban J connectivity index is 2.91. The quantitative estimate of drug-likeness (QED) is 0.875. The highest BCUT2D eigenvalue weighted by Gasteiger charge is 2.09. The van der Waals surface area contributed by atoms with Crippen LogP contribution >= 0.6 is 15.9 Å². The van der Waals surface area contributed by atoms with Crippen molar-refractivity contribution in [3.63, 3.8) is 0 Å². The van der Waals surface area contributed by atoms with Gasteiger partial charge in [-0.2, -0.15) is 0 Å². The van der Waals surface area contributed by atoms with Crippen LogP contribution in [0, 0.1) is 0 Å². The topological polar surface area (TPSA) is 12.0 Å². The first-order valence-corrected chi connectivity index (χ1v) is 6.29. The number of rotatable bonds is 4. The zero-order valence-electron chi connectivity index (χ0n) is 9.97. The van der Waals surface area contributed by atoms with Crippen LogP contribution in [-0.2, 0) is 0 Å². The first-order valence-electron chi connectivity index (χ1n) is 5.50. The minimum Gasteiger partial charge on any atom is -0.319 e. The molecule has 1 aromatic carbocycles. The Morgan fingerprint density at radius 1 is 1.27 bits per heavy atom. The van der Waals surface area contributed by atoms with Crippen molar-refractivity contribution in [3.05, 3.63) is 33.8 Å². The molecule has 0 fully saturated rings. The van der Waals surface area contributed by atoms with E-state index in [2.05, 4.69) is 60.2 Å². The molecule has 0 saturated heterocycles. The zero-order chi connectivity index (χ0) is 11.4. The summed E-state index contributed by atoms with van der Waals surface area (Å²) in [7, 11) is 1.99. The van der Waals surface area contributed by atoms with Gasteiger partial charge in [0.1, 0.15) is 0 Å². The van der Waals surface area contributed by atoms with Gasteiger partial charge in [-0.3, -0.25) is 0 Å². The molecular formula is C13H20BrN. The van der Waals surface area contributed by atoms with Crippen LogP contribution in [-0.4, -0.2) is 13.6 Å². The van der Waals surface area contributed by atoms with Crippen molar-refractivity contribution in [3.8, 4) is 0 Å². The number of halogens is 1. The van der Waals surface area contributed by atoms with Crippen LogP contribution in [0.25, 0.3) is 0 Å². The fraction of sp³-hybridized carbons (Fsp3) is 0.538. The summed E-state index contributed by atoms with van der Waals surface area (Å²) in [6.07, 6.45) is 0. The highest BCUT2D eigenvalue weighted by molar-refractivity contribution is 9.10. The second-order valence-electron chi connectivity index (χ2n) is 4.39. The van der Waals surface area contributed by atoms with Crippen molar-refractivity contribution < 1.29 is 0 Å². The molecule has 0 radical (unpaired) electrons. The number of nitrogens with one attached hydrogen (secondary N) is 1. The van der Waals surface area contributed by atoms with E-state index in [1.54, 1.807) is 0 Å². The molecule has 2 heteroatoms. The van der Waals surface area contributed by atoms with Gasteiger partial charge in [0.15, 0.2) is 0 Å². The summed E-state index contributed by atoms with van der Waals surface area (Å²) in [4.78, 5) is 0. The maximum absolute atomic E-state index is 3.65. The fourth-order valence-corrected chi connectivity index (χ4v) is 2.60. The van der Waals surface area contributed by atoms with E-state index in [0.29, 0.717) is 11.8 Å². The first-order chi connectivity index (χ1) is 7.06. The zero-order valence-corrected chi connectivity index (χ0v) is 11.6. The third-order valence-electron chi connectivity index (χ3n) is 2.73. The predicted octanol–water partition coefficient (Wildman–Crippen LogP) is 3.90. The molecule has 15 heavy (non-hydrogen) atoms. The van der Waals surface area contributed by atoms with E-state index in [1.165, 1.54) is 15.6 Å². The van der Waals surface area contributed by atoms with Crippen molar-refractivity contribution in [1.29, 1.82) is 0 Å². The van der Waals surface area contributed by atoms with Crippen LogP contribution in [0.2, 0.25) is 0 Å². The van der Waals surface area contributed by atoms with E-state index in [9.17, 15) is 0 Å². The summed E-state index contributed by atoms with van der Waals surface area (Å²) < 4.78 is 1.23. The molecule has 1 unspecified atom stereocenters. The molecule has 84 valence electrons. The van der Waals surface area contributed by atoms with Gasteiger partial charge in [0.25, 0.3) is 0 Å². The van der Waals surface area contributed by atoms with E-state index in [1.807, 2.05) is 7.05 Å². The van der Waals surface area contributed by atoms with Crippen LogP contribution in [0.3, 0.4) is 0 Å². The largest absolute Gasteiger partial charge is 0.319 e. The van der Waals surface area contributed by atoms with Crippen LogP contribution in [0.5, 0.6) is 0 Å². The Bertz CT molecular complexity index is 320. The molecule has 1 atom stereocenters. The Morgan fingerprint density at radius 3 is 2.40 bits per heavy atom. The summed E-state index contributed by atoms with van der Waals surface area (Å²) in [6, 6.07) is 6.72. The van der Waals surface area contributed by atoms with Crippen molar-refractivity contribution in [2.75, 3.05) is 13.6 Å². The maximum Gasteiger partial charge on any atom is 0.0212 e. The minimum absolute atomic E-state index is 0.563. The van der Waals surface area contributed by atoms with Gasteiger partial charge in [0, 0.05) is 11.0 Å². The first kappa shape index (κ1) is 12.7. The summed E-state index contributed by atoms with van der Waals surface area (Å²) >= 11 is 3.65. The average molecular weight is 270 g/mol. The molecule has 1 nitrogen and oxygen atoms in total. The van der Waals surface area contributed by atoms with Gasteiger partial charge in [0.05, 0.1) is 0 Å². The van der Waals surface area contributed by atoms with Gasteiger partial charge in [0.2, 0.25) is 0 Å². The lowest BCUT2D eigenvalue weighted by Gasteiger charge is -2.14. The van der Waals surface area contributed by atoms with Crippen LogP contribution < -0.4 is 5.32 Å². The molecule has 0 amide bonds. The maximum atomic E-state index is 3.65. The Kier molecular flexibility index (Phi) is 4.81. The van der Waals surface area contributed by atoms with Gasteiger partial charge in [-0.1, -0.05) is 48.8 Å². The Hall–Kier alpha value is -0.340. The monoisotopic (exact) mass is 269 g/mol. The molecule has 0 saturated carbocycles. The lowest BCUT2D eigenvalue weighted by molar-refractivity contribution is 0.676. The lowest BCUT2D eigenvalue weighted by Crippen LogP contribution is -2.14. The van der Waals surface area contributed by atoms with Crippen molar-refractivity contribution in [2.24, 2.45) is 0 Å². The smallest absolute Gasteiger partial charge is 0.0212 e. The molecule has 0 spiro atoms. The van der Waals surface area contributed by atoms with Gasteiger partial charge in [-0.05, 0) is 36.1 Å². The van der Waals surface area contributed by atoms with Crippen molar-refractivity contribution >= 4 is 15.9 Å². The molecule has 1 rings (SSSR count). The molecule has 1 aromatic rings. The normalized spacial score (nSPS) is 13.2. The van der Waals surface area contributed by atoms with E-state index < -0.39 is 0 Å². The number of benzene rings is 1. The molecule has 0 aliphatic heterocycles. The van der Waals surface area contributed by atoms with Crippen LogP contribution in [0.1, 0.15) is 43.7 Å². The Morgan fingerprint density at radius 2 is 1.93 bits per heavy atom. The molecule has 0 aliphatic rings. The highest BCUT2D eigenvalue weighted by atomic mass is 79.9. The van der Waals surface area contributed by atoms with Gasteiger partial charge >= 0.3 is 0 Å². The molecule has 0 aliphatic carbocycles. The second kappa shape index (κ2) is 5.66. The summed E-state index contributed by atoms with van der Waals surface area (Å²) in [5, 5.41) is 3.21. The van der Waals surface area contributed by atoms with E-state index in [0.717, 1.165) is 6.54 Å². The predicted molar refractivity (Wildman–Crippen MR) is 70.6 cm³/mol. The number of likely N-dealkylation sites (N-methyl/N-ethyl adjacent to an activating group) is 1. The van der Waals surface area contributed by atoms with E-state index in [4.69, 9.17) is 0 Å². The van der Waals surface area contributed by atoms with E-state index >= 15 is 0 Å². The molecular weight excluding hydrogens is 250 g/mol. The van der Waals surface area contributed by atoms with Gasteiger partial charge in [-0.25, -0.2) is 0 Å². The van der Waals surface area contributed by atoms with E-state index in [-0.39, 0.29) is 0 Å². The highest BCUT2D eigenvalue weighted by Crippen LogP contribution is 2.28. The summed E-state index contributed by atoms with van der Waals surface area (Å²) in [6.45, 7) is 7.70. The second-order valence-corrected chi connectivity index (χ2v) is 5.25. The number of hydrogen-bond acceptors (Lipinski definition) is 1. The molecule has 0 aromatic heterocycles. The third-order valence-corrected chi connectivity index (χ3v) is 3.41. The number of hydrogen-bond donors (Lipinski definition) is 1. The SMILES string of the molecule is CNCC(C)c1ccc(C(C)C)c(Br)c1. The third kappa shape index (κ3) is 3.32. The molecule has 0 heterocycles.